The van der Waals surface area contributed by atoms with Crippen LogP contribution in [0.1, 0.15) is 43.6 Å². The molecule has 0 unspecified atom stereocenters. The molecule has 8 nitrogen and oxygen atoms in total. The summed E-state index contributed by atoms with van der Waals surface area (Å²) in [5.41, 5.74) is 8.96. The summed E-state index contributed by atoms with van der Waals surface area (Å²) in [5.74, 6) is 0.551. The van der Waals surface area contributed by atoms with E-state index in [9.17, 15) is 4.79 Å². The molecule has 1 aromatic heterocycles. The van der Waals surface area contributed by atoms with E-state index in [1.165, 1.54) is 11.3 Å². The van der Waals surface area contributed by atoms with Crippen LogP contribution in [0, 0.1) is 0 Å². The van der Waals surface area contributed by atoms with Crippen molar-refractivity contribution in [3.05, 3.63) is 17.0 Å². The number of likely N-dealkylation sites (tertiary alicyclic amines) is 1. The van der Waals surface area contributed by atoms with Crippen molar-refractivity contribution < 1.29 is 4.79 Å². The first-order chi connectivity index (χ1) is 12.5. The lowest BCUT2D eigenvalue weighted by molar-refractivity contribution is -0.119. The van der Waals surface area contributed by atoms with Gasteiger partial charge in [0.2, 0.25) is 5.91 Å². The van der Waals surface area contributed by atoms with Crippen molar-refractivity contribution in [1.29, 1.82) is 0 Å². The topological polar surface area (TPSA) is 101 Å². The number of primary amides is 1. The Balaban J connectivity index is 0.00000364. The molecule has 9 heteroatoms. The van der Waals surface area contributed by atoms with E-state index in [1.54, 1.807) is 7.05 Å². The second-order valence-electron chi connectivity index (χ2n) is 6.79. The van der Waals surface area contributed by atoms with Gasteiger partial charge in [-0.3, -0.25) is 19.4 Å². The second kappa shape index (κ2) is 11.5. The molecule has 0 saturated carbocycles. The van der Waals surface area contributed by atoms with Crippen LogP contribution in [0.3, 0.4) is 0 Å². The minimum absolute atomic E-state index is 0. The average molecular weight is 491 g/mol. The van der Waals surface area contributed by atoms with Crippen LogP contribution in [-0.4, -0.2) is 59.3 Å². The summed E-state index contributed by atoms with van der Waals surface area (Å²) in [5, 5.41) is 11.6. The van der Waals surface area contributed by atoms with Gasteiger partial charge in [0.15, 0.2) is 5.96 Å². The summed E-state index contributed by atoms with van der Waals surface area (Å²) < 4.78 is 1.99. The summed E-state index contributed by atoms with van der Waals surface area (Å²) in [6.07, 6.45) is 3.84. The SMILES string of the molecule is CCc1nn(C)c(CC)c1CNC(=NC)NC1CCN(CC(N)=O)CC1.I. The number of hydrogen-bond donors (Lipinski definition) is 3. The first-order valence-corrected chi connectivity index (χ1v) is 9.49. The Labute approximate surface area is 179 Å². The Morgan fingerprint density at radius 2 is 1.96 bits per heavy atom. The summed E-state index contributed by atoms with van der Waals surface area (Å²) in [4.78, 5) is 17.5. The number of amides is 1. The maximum atomic E-state index is 11.0. The maximum Gasteiger partial charge on any atom is 0.231 e. The highest BCUT2D eigenvalue weighted by atomic mass is 127. The lowest BCUT2D eigenvalue weighted by atomic mass is 10.1. The number of aryl methyl sites for hydroxylation is 2. The van der Waals surface area contributed by atoms with Crippen LogP contribution in [0.15, 0.2) is 4.99 Å². The molecule has 0 spiro atoms. The predicted octanol–water partition coefficient (Wildman–Crippen LogP) is 0.778. The lowest BCUT2D eigenvalue weighted by Crippen LogP contribution is -2.49. The fraction of sp³-hybridized carbons (Fsp3) is 0.722. The average Bonchev–Trinajstić information content (AvgIpc) is 2.94. The van der Waals surface area contributed by atoms with Gasteiger partial charge in [0, 0.05) is 51.0 Å². The Morgan fingerprint density at radius 3 is 2.48 bits per heavy atom. The second-order valence-corrected chi connectivity index (χ2v) is 6.79. The van der Waals surface area contributed by atoms with E-state index >= 15 is 0 Å². The quantitative estimate of drug-likeness (QED) is 0.298. The van der Waals surface area contributed by atoms with Crippen LogP contribution >= 0.6 is 24.0 Å². The summed E-state index contributed by atoms with van der Waals surface area (Å²) in [6.45, 7) is 7.12. The lowest BCUT2D eigenvalue weighted by Gasteiger charge is -2.32. The van der Waals surface area contributed by atoms with Crippen LogP contribution in [0.25, 0.3) is 0 Å². The van der Waals surface area contributed by atoms with Gasteiger partial charge in [0.05, 0.1) is 12.2 Å². The molecular weight excluding hydrogens is 457 g/mol. The Hall–Kier alpha value is -1.36. The number of piperidine rings is 1. The summed E-state index contributed by atoms with van der Waals surface area (Å²) in [7, 11) is 3.80. The fourth-order valence-electron chi connectivity index (χ4n) is 3.61. The molecule has 0 aliphatic carbocycles. The van der Waals surface area contributed by atoms with Crippen LogP contribution < -0.4 is 16.4 Å². The third-order valence-corrected chi connectivity index (χ3v) is 4.99. The number of carbonyl (C=O) groups is 1. The van der Waals surface area contributed by atoms with Crippen LogP contribution in [0.5, 0.6) is 0 Å². The molecule has 2 heterocycles. The largest absolute Gasteiger partial charge is 0.369 e. The van der Waals surface area contributed by atoms with Gasteiger partial charge in [-0.15, -0.1) is 24.0 Å². The molecule has 27 heavy (non-hydrogen) atoms. The molecule has 1 amide bonds. The zero-order chi connectivity index (χ0) is 19.1. The molecule has 1 aliphatic heterocycles. The molecule has 1 fully saturated rings. The van der Waals surface area contributed by atoms with Crippen molar-refractivity contribution in [3.63, 3.8) is 0 Å². The number of nitrogens with zero attached hydrogens (tertiary/aromatic N) is 4. The number of hydrogen-bond acceptors (Lipinski definition) is 4. The first kappa shape index (κ1) is 23.7. The van der Waals surface area contributed by atoms with Crippen molar-refractivity contribution in [2.24, 2.45) is 17.8 Å². The summed E-state index contributed by atoms with van der Waals surface area (Å²) >= 11 is 0. The molecule has 154 valence electrons. The normalized spacial score (nSPS) is 16.1. The van der Waals surface area contributed by atoms with E-state index in [0.29, 0.717) is 12.6 Å². The minimum atomic E-state index is -0.260. The van der Waals surface area contributed by atoms with E-state index in [-0.39, 0.29) is 29.9 Å². The van der Waals surface area contributed by atoms with Crippen molar-refractivity contribution in [1.82, 2.24) is 25.3 Å². The highest BCUT2D eigenvalue weighted by Gasteiger charge is 2.21. The van der Waals surface area contributed by atoms with Gasteiger partial charge >= 0.3 is 0 Å². The standard InChI is InChI=1S/C18H33N7O.HI/c1-5-15-14(16(6-2)24(4)23-15)11-21-18(20-3)22-13-7-9-25(10-8-13)12-17(19)26;/h13H,5-12H2,1-4H3,(H2,19,26)(H2,20,21,22);1H. The molecule has 1 aromatic rings. The predicted molar refractivity (Wildman–Crippen MR) is 119 cm³/mol. The zero-order valence-electron chi connectivity index (χ0n) is 16.9. The smallest absolute Gasteiger partial charge is 0.231 e. The van der Waals surface area contributed by atoms with Crippen LogP contribution in [-0.2, 0) is 31.2 Å². The van der Waals surface area contributed by atoms with Gasteiger partial charge in [0.25, 0.3) is 0 Å². The van der Waals surface area contributed by atoms with Crippen molar-refractivity contribution in [2.45, 2.75) is 52.1 Å². The first-order valence-electron chi connectivity index (χ1n) is 9.49. The maximum absolute atomic E-state index is 11.0. The molecule has 4 N–H and O–H groups in total. The number of nitrogens with two attached hydrogens (primary N) is 1. The molecule has 1 aliphatic rings. The van der Waals surface area contributed by atoms with Gasteiger partial charge in [0.1, 0.15) is 0 Å². The van der Waals surface area contributed by atoms with Gasteiger partial charge in [-0.05, 0) is 25.7 Å². The number of guanidine groups is 1. The van der Waals surface area contributed by atoms with E-state index in [2.05, 4.69) is 39.5 Å². The van der Waals surface area contributed by atoms with E-state index in [4.69, 9.17) is 5.73 Å². The number of aromatic nitrogens is 2. The Bertz CT molecular complexity index is 636. The monoisotopic (exact) mass is 491 g/mol. The fourth-order valence-corrected chi connectivity index (χ4v) is 3.61. The van der Waals surface area contributed by atoms with Gasteiger partial charge < -0.3 is 16.4 Å². The molecule has 0 atom stereocenters. The van der Waals surface area contributed by atoms with Gasteiger partial charge in [-0.2, -0.15) is 5.10 Å². The Kier molecular flexibility index (Phi) is 10.1. The minimum Gasteiger partial charge on any atom is -0.369 e. The van der Waals surface area contributed by atoms with E-state index in [1.807, 2.05) is 11.7 Å². The zero-order valence-corrected chi connectivity index (χ0v) is 19.2. The number of aliphatic imine (C=N–C) groups is 1. The third kappa shape index (κ3) is 6.63. The van der Waals surface area contributed by atoms with Gasteiger partial charge in [-0.1, -0.05) is 13.8 Å². The van der Waals surface area contributed by atoms with Crippen LogP contribution in [0.2, 0.25) is 0 Å². The number of rotatable bonds is 7. The van der Waals surface area contributed by atoms with Crippen molar-refractivity contribution in [3.8, 4) is 0 Å². The molecule has 0 radical (unpaired) electrons. The molecule has 0 aromatic carbocycles. The number of halogens is 1. The molecular formula is C18H34IN7O. The summed E-state index contributed by atoms with van der Waals surface area (Å²) in [6, 6.07) is 0.357. The molecule has 1 saturated heterocycles. The Morgan fingerprint density at radius 1 is 1.30 bits per heavy atom. The van der Waals surface area contributed by atoms with Crippen molar-refractivity contribution in [2.75, 3.05) is 26.7 Å². The van der Waals surface area contributed by atoms with Gasteiger partial charge in [-0.25, -0.2) is 0 Å². The van der Waals surface area contributed by atoms with Crippen molar-refractivity contribution >= 4 is 35.8 Å². The number of nitrogens with one attached hydrogen (secondary N) is 2. The highest BCUT2D eigenvalue weighted by molar-refractivity contribution is 14.0. The molecule has 0 bridgehead atoms. The van der Waals surface area contributed by atoms with Crippen LogP contribution in [0.4, 0.5) is 0 Å². The van der Waals surface area contributed by atoms with E-state index in [0.717, 1.165) is 57.0 Å². The third-order valence-electron chi connectivity index (χ3n) is 4.99. The number of carbonyl (C=O) groups excluding carboxylic acids is 1. The molecule has 2 rings (SSSR count). The van der Waals surface area contributed by atoms with E-state index < -0.39 is 0 Å². The highest BCUT2D eigenvalue weighted by Crippen LogP contribution is 2.15.